The third-order valence-corrected chi connectivity index (χ3v) is 6.05. The average Bonchev–Trinajstić information content (AvgIpc) is 3.24. The highest BCUT2D eigenvalue weighted by atomic mass is 35.5. The van der Waals surface area contributed by atoms with Gasteiger partial charge < -0.3 is 10.1 Å². The van der Waals surface area contributed by atoms with Crippen LogP contribution in [0, 0.1) is 0 Å². The Morgan fingerprint density at radius 3 is 3.04 bits per heavy atom. The minimum absolute atomic E-state index is 0.0909. The SMILES string of the molecule is O=C(CC1OCCc2ccccc21)Nc1nc(-c2ccc(Cl)s2)cs1. The Kier molecular flexibility index (Phi) is 4.85. The largest absolute Gasteiger partial charge is 0.373 e. The van der Waals surface area contributed by atoms with Gasteiger partial charge in [0.15, 0.2) is 5.13 Å². The molecule has 1 aliphatic rings. The van der Waals surface area contributed by atoms with Gasteiger partial charge in [-0.3, -0.25) is 4.79 Å². The summed E-state index contributed by atoms with van der Waals surface area (Å²) in [4.78, 5) is 17.9. The number of fused-ring (bicyclic) bond motifs is 1. The Hall–Kier alpha value is -1.73. The number of benzene rings is 1. The van der Waals surface area contributed by atoms with Gasteiger partial charge in [0, 0.05) is 5.38 Å². The Morgan fingerprint density at radius 1 is 1.32 bits per heavy atom. The minimum Gasteiger partial charge on any atom is -0.373 e. The maximum atomic E-state index is 12.4. The second-order valence-electron chi connectivity index (χ2n) is 5.70. The normalized spacial score (nSPS) is 16.4. The Labute approximate surface area is 158 Å². The lowest BCUT2D eigenvalue weighted by Gasteiger charge is -2.25. The van der Waals surface area contributed by atoms with Crippen LogP contribution in [-0.4, -0.2) is 17.5 Å². The molecule has 0 spiro atoms. The highest BCUT2D eigenvalue weighted by Crippen LogP contribution is 2.33. The number of aromatic nitrogens is 1. The van der Waals surface area contributed by atoms with Crippen LogP contribution in [0.5, 0.6) is 0 Å². The summed E-state index contributed by atoms with van der Waals surface area (Å²) in [6, 6.07) is 11.9. The van der Waals surface area contributed by atoms with Crippen LogP contribution < -0.4 is 5.32 Å². The quantitative estimate of drug-likeness (QED) is 0.668. The van der Waals surface area contributed by atoms with Gasteiger partial charge in [-0.05, 0) is 29.7 Å². The van der Waals surface area contributed by atoms with Crippen LogP contribution in [0.2, 0.25) is 4.34 Å². The van der Waals surface area contributed by atoms with Gasteiger partial charge in [0.2, 0.25) is 5.91 Å². The number of thiophene rings is 1. The first-order valence-corrected chi connectivity index (χ1v) is 9.97. The zero-order valence-electron chi connectivity index (χ0n) is 13.2. The number of hydrogen-bond acceptors (Lipinski definition) is 5. The van der Waals surface area contributed by atoms with Crippen molar-refractivity contribution in [3.05, 3.63) is 57.2 Å². The van der Waals surface area contributed by atoms with Gasteiger partial charge in [-0.1, -0.05) is 35.9 Å². The number of carbonyl (C=O) groups excluding carboxylic acids is 1. The summed E-state index contributed by atoms with van der Waals surface area (Å²) < 4.78 is 6.52. The fourth-order valence-electron chi connectivity index (χ4n) is 2.88. The van der Waals surface area contributed by atoms with Gasteiger partial charge in [0.25, 0.3) is 0 Å². The average molecular weight is 391 g/mol. The van der Waals surface area contributed by atoms with Crippen molar-refractivity contribution in [3.8, 4) is 10.6 Å². The molecular weight excluding hydrogens is 376 g/mol. The number of rotatable bonds is 4. The van der Waals surface area contributed by atoms with Gasteiger partial charge in [-0.25, -0.2) is 4.98 Å². The van der Waals surface area contributed by atoms with Crippen molar-refractivity contribution in [3.63, 3.8) is 0 Å². The molecule has 0 fully saturated rings. The summed E-state index contributed by atoms with van der Waals surface area (Å²) >= 11 is 8.84. The standard InChI is InChI=1S/C18H15ClN2O2S2/c19-16-6-5-15(25-16)13-10-24-18(20-13)21-17(22)9-14-12-4-2-1-3-11(12)7-8-23-14/h1-6,10,14H,7-9H2,(H,20,21,22). The summed E-state index contributed by atoms with van der Waals surface area (Å²) in [7, 11) is 0. The van der Waals surface area contributed by atoms with Gasteiger partial charge >= 0.3 is 0 Å². The summed E-state index contributed by atoms with van der Waals surface area (Å²) in [5.74, 6) is -0.0909. The van der Waals surface area contributed by atoms with E-state index in [2.05, 4.69) is 16.4 Å². The molecule has 3 heterocycles. The van der Waals surface area contributed by atoms with Crippen LogP contribution in [0.25, 0.3) is 10.6 Å². The fourth-order valence-corrected chi connectivity index (χ4v) is 4.69. The molecular formula is C18H15ClN2O2S2. The molecule has 1 aliphatic heterocycles. The van der Waals surface area contributed by atoms with Crippen LogP contribution in [0.1, 0.15) is 23.7 Å². The number of amides is 1. The Morgan fingerprint density at radius 2 is 2.20 bits per heavy atom. The number of ether oxygens (including phenoxy) is 1. The third kappa shape index (κ3) is 3.77. The van der Waals surface area contributed by atoms with E-state index in [0.29, 0.717) is 11.7 Å². The number of hydrogen-bond donors (Lipinski definition) is 1. The van der Waals surface area contributed by atoms with Crippen molar-refractivity contribution in [2.24, 2.45) is 0 Å². The van der Waals surface area contributed by atoms with Crippen molar-refractivity contribution < 1.29 is 9.53 Å². The maximum absolute atomic E-state index is 12.4. The molecule has 128 valence electrons. The molecule has 1 atom stereocenters. The molecule has 0 saturated heterocycles. The predicted octanol–water partition coefficient (Wildman–Crippen LogP) is 5.17. The van der Waals surface area contributed by atoms with Gasteiger partial charge in [0.05, 0.1) is 34.0 Å². The number of anilines is 1. The monoisotopic (exact) mass is 390 g/mol. The zero-order valence-corrected chi connectivity index (χ0v) is 15.6. The molecule has 1 N–H and O–H groups in total. The first-order valence-electron chi connectivity index (χ1n) is 7.89. The number of nitrogens with one attached hydrogen (secondary N) is 1. The van der Waals surface area contributed by atoms with E-state index in [0.717, 1.165) is 26.9 Å². The molecule has 2 aromatic heterocycles. The highest BCUT2D eigenvalue weighted by Gasteiger charge is 2.23. The second kappa shape index (κ2) is 7.25. The molecule has 0 aliphatic carbocycles. The maximum Gasteiger partial charge on any atom is 0.229 e. The third-order valence-electron chi connectivity index (χ3n) is 4.04. The van der Waals surface area contributed by atoms with Crippen LogP contribution in [-0.2, 0) is 16.0 Å². The lowest BCUT2D eigenvalue weighted by atomic mass is 9.96. The van der Waals surface area contributed by atoms with E-state index in [-0.39, 0.29) is 18.4 Å². The zero-order chi connectivity index (χ0) is 17.2. The molecule has 7 heteroatoms. The van der Waals surface area contributed by atoms with E-state index in [1.807, 2.05) is 35.7 Å². The van der Waals surface area contributed by atoms with Gasteiger partial charge in [0.1, 0.15) is 0 Å². The summed E-state index contributed by atoms with van der Waals surface area (Å²) in [6.07, 6.45) is 0.991. The van der Waals surface area contributed by atoms with E-state index in [4.69, 9.17) is 16.3 Å². The van der Waals surface area contributed by atoms with E-state index >= 15 is 0 Å². The second-order valence-corrected chi connectivity index (χ2v) is 8.28. The number of halogens is 1. The van der Waals surface area contributed by atoms with Crippen LogP contribution in [0.4, 0.5) is 5.13 Å². The smallest absolute Gasteiger partial charge is 0.229 e. The van der Waals surface area contributed by atoms with E-state index in [1.54, 1.807) is 0 Å². The van der Waals surface area contributed by atoms with Crippen molar-refractivity contribution in [1.29, 1.82) is 0 Å². The minimum atomic E-state index is -0.194. The van der Waals surface area contributed by atoms with E-state index < -0.39 is 0 Å². The topological polar surface area (TPSA) is 51.2 Å². The Bertz CT molecular complexity index is 906. The number of thiazole rings is 1. The summed E-state index contributed by atoms with van der Waals surface area (Å²) in [6.45, 7) is 0.648. The lowest BCUT2D eigenvalue weighted by molar-refractivity contribution is -0.119. The van der Waals surface area contributed by atoms with Gasteiger partial charge in [-0.2, -0.15) is 0 Å². The fraction of sp³-hybridized carbons (Fsp3) is 0.222. The molecule has 0 radical (unpaired) electrons. The van der Waals surface area contributed by atoms with E-state index in [9.17, 15) is 4.79 Å². The molecule has 0 bridgehead atoms. The van der Waals surface area contributed by atoms with Crippen molar-refractivity contribution in [2.45, 2.75) is 18.9 Å². The molecule has 0 saturated carbocycles. The molecule has 1 amide bonds. The molecule has 1 aromatic carbocycles. The lowest BCUT2D eigenvalue weighted by Crippen LogP contribution is -2.22. The summed E-state index contributed by atoms with van der Waals surface area (Å²) in [5.41, 5.74) is 3.20. The molecule has 25 heavy (non-hydrogen) atoms. The van der Waals surface area contributed by atoms with Crippen molar-refractivity contribution in [2.75, 3.05) is 11.9 Å². The van der Waals surface area contributed by atoms with Crippen LogP contribution in [0.15, 0.2) is 41.8 Å². The van der Waals surface area contributed by atoms with E-state index in [1.165, 1.54) is 28.2 Å². The summed E-state index contributed by atoms with van der Waals surface area (Å²) in [5, 5.41) is 5.39. The molecule has 4 nitrogen and oxygen atoms in total. The van der Waals surface area contributed by atoms with Crippen molar-refractivity contribution in [1.82, 2.24) is 4.98 Å². The van der Waals surface area contributed by atoms with Crippen LogP contribution >= 0.6 is 34.3 Å². The van der Waals surface area contributed by atoms with Crippen LogP contribution in [0.3, 0.4) is 0 Å². The first-order chi connectivity index (χ1) is 12.2. The first kappa shape index (κ1) is 16.7. The molecule has 4 rings (SSSR count). The molecule has 1 unspecified atom stereocenters. The number of nitrogens with zero attached hydrogens (tertiary/aromatic N) is 1. The predicted molar refractivity (Wildman–Crippen MR) is 103 cm³/mol. The number of carbonyl (C=O) groups is 1. The van der Waals surface area contributed by atoms with Crippen molar-refractivity contribution >= 4 is 45.3 Å². The highest BCUT2D eigenvalue weighted by molar-refractivity contribution is 7.20. The Balaban J connectivity index is 1.42. The van der Waals surface area contributed by atoms with Gasteiger partial charge in [-0.15, -0.1) is 22.7 Å². The molecule has 3 aromatic rings.